The van der Waals surface area contributed by atoms with E-state index in [-0.39, 0.29) is 23.2 Å². The third kappa shape index (κ3) is 8.07. The molecule has 2 amide bonds. The van der Waals surface area contributed by atoms with E-state index in [1.807, 2.05) is 60.7 Å². The predicted molar refractivity (Wildman–Crippen MR) is 162 cm³/mol. The molecule has 0 spiro atoms. The third-order valence-electron chi connectivity index (χ3n) is 5.99. The van der Waals surface area contributed by atoms with Crippen molar-refractivity contribution >= 4 is 87.8 Å². The van der Waals surface area contributed by atoms with Gasteiger partial charge in [-0.25, -0.2) is 9.59 Å². The van der Waals surface area contributed by atoms with Gasteiger partial charge in [0.15, 0.2) is 11.2 Å². The van der Waals surface area contributed by atoms with Crippen molar-refractivity contribution in [2.45, 2.75) is 28.2 Å². The molecule has 0 aliphatic carbocycles. The number of alkyl halides is 3. The number of halogens is 3. The van der Waals surface area contributed by atoms with Crippen LogP contribution in [0.3, 0.4) is 0 Å². The lowest BCUT2D eigenvalue weighted by molar-refractivity contribution is -0.153. The van der Waals surface area contributed by atoms with E-state index in [0.717, 1.165) is 11.1 Å². The van der Waals surface area contributed by atoms with Crippen molar-refractivity contribution in [3.05, 3.63) is 83.1 Å². The molecule has 2 aromatic carbocycles. The number of benzene rings is 2. The van der Waals surface area contributed by atoms with Crippen LogP contribution in [0.5, 0.6) is 0 Å². The van der Waals surface area contributed by atoms with E-state index >= 15 is 0 Å². The molecule has 2 heterocycles. The number of alkyl carbamates (subject to hydrolysis) is 1. The molecule has 1 fully saturated rings. The number of hydrogen-bond acceptors (Lipinski definition) is 9. The molecule has 0 aromatic heterocycles. The van der Waals surface area contributed by atoms with Crippen molar-refractivity contribution in [1.29, 1.82) is 0 Å². The summed E-state index contributed by atoms with van der Waals surface area (Å²) in [6.07, 6.45) is -1.75. The number of hydrogen-bond donors (Lipinski definition) is 2. The van der Waals surface area contributed by atoms with Crippen LogP contribution < -0.4 is 10.6 Å². The lowest BCUT2D eigenvalue weighted by atomic mass is 10.0. The highest BCUT2D eigenvalue weighted by Gasteiger charge is 2.54. The quantitative estimate of drug-likeness (QED) is 0.137. The van der Waals surface area contributed by atoms with Gasteiger partial charge >= 0.3 is 18.0 Å². The minimum atomic E-state index is -1.81. The van der Waals surface area contributed by atoms with Crippen LogP contribution in [-0.4, -0.2) is 68.1 Å². The number of rotatable bonds is 8. The number of β-lactam (4-membered cyclic amide) rings is 1. The van der Waals surface area contributed by atoms with Gasteiger partial charge in [0.25, 0.3) is 5.91 Å². The molecule has 0 unspecified atom stereocenters. The first kappa shape index (κ1) is 31.9. The smallest absolute Gasteiger partial charge is 0.413 e. The zero-order chi connectivity index (χ0) is 30.4. The predicted octanol–water partition coefficient (Wildman–Crippen LogP) is 4.39. The summed E-state index contributed by atoms with van der Waals surface area (Å²) in [4.78, 5) is 51.9. The van der Waals surface area contributed by atoms with Crippen LogP contribution in [0.15, 0.2) is 71.9 Å². The lowest BCUT2D eigenvalue weighted by Crippen LogP contribution is -2.71. The summed E-state index contributed by atoms with van der Waals surface area (Å²) >= 11 is 23.2. The third-order valence-corrected chi connectivity index (χ3v) is 7.88. The van der Waals surface area contributed by atoms with Crippen molar-refractivity contribution in [3.8, 4) is 0 Å². The number of amides is 2. The first-order valence-corrected chi connectivity index (χ1v) is 15.0. The van der Waals surface area contributed by atoms with Gasteiger partial charge in [-0.2, -0.15) is 0 Å². The summed E-state index contributed by atoms with van der Waals surface area (Å²) in [7, 11) is 0. The van der Waals surface area contributed by atoms with Crippen LogP contribution in [-0.2, 0) is 28.6 Å². The molecule has 10 nitrogen and oxygen atoms in total. The Kier molecular flexibility index (Phi) is 10.6. The molecule has 2 aliphatic heterocycles. The largest absolute Gasteiger partial charge is 0.461 e. The molecule has 2 N–H and O–H groups in total. The standard InChI is InChI=1S/C27H24Cl3N3O7S2/c1-15(34)38-12-18-13-42-23-19(31-25(41)32-26(37)39-14-27(28,29)30)22(35)33(23)20(18)24(36)40-21(16-8-4-2-5-9-16)17-10-6-3-7-11-17/h2-11,19,21,23H,12-14H2,1H3,(H2,31,32,37,41)/t19-,23-/m1/s1. The normalized spacial score (nSPS) is 18.0. The van der Waals surface area contributed by atoms with Crippen LogP contribution in [0, 0.1) is 0 Å². The summed E-state index contributed by atoms with van der Waals surface area (Å²) < 4.78 is 14.2. The summed E-state index contributed by atoms with van der Waals surface area (Å²) in [5.41, 5.74) is 1.86. The molecule has 4 rings (SSSR count). The number of thioether (sulfide) groups is 1. The maximum Gasteiger partial charge on any atom is 0.413 e. The Morgan fingerprint density at radius 3 is 2.19 bits per heavy atom. The van der Waals surface area contributed by atoms with E-state index in [1.54, 1.807) is 0 Å². The number of esters is 2. The van der Waals surface area contributed by atoms with Gasteiger partial charge in [0.2, 0.25) is 3.79 Å². The average Bonchev–Trinajstić information content (AvgIpc) is 2.96. The number of carbonyl (C=O) groups is 4. The first-order chi connectivity index (χ1) is 19.9. The number of ether oxygens (including phenoxy) is 3. The zero-order valence-corrected chi connectivity index (χ0v) is 25.8. The van der Waals surface area contributed by atoms with Gasteiger partial charge in [-0.1, -0.05) is 95.5 Å². The van der Waals surface area contributed by atoms with E-state index in [2.05, 4.69) is 10.6 Å². The summed E-state index contributed by atoms with van der Waals surface area (Å²) in [6.45, 7) is 0.534. The van der Waals surface area contributed by atoms with Crippen LogP contribution in [0.2, 0.25) is 0 Å². The van der Waals surface area contributed by atoms with E-state index in [1.165, 1.54) is 23.6 Å². The second kappa shape index (κ2) is 14.0. The minimum absolute atomic E-state index is 0.0131. The fourth-order valence-corrected chi connectivity index (χ4v) is 5.87. The van der Waals surface area contributed by atoms with Crippen LogP contribution in [0.4, 0.5) is 4.79 Å². The fraction of sp³-hybridized carbons (Fsp3) is 0.296. The second-order valence-electron chi connectivity index (χ2n) is 9.02. The Labute approximate surface area is 265 Å². The van der Waals surface area contributed by atoms with Crippen molar-refractivity contribution < 1.29 is 33.4 Å². The molecule has 15 heteroatoms. The van der Waals surface area contributed by atoms with Crippen molar-refractivity contribution in [2.24, 2.45) is 0 Å². The molecule has 0 saturated carbocycles. The molecular formula is C27H24Cl3N3O7S2. The maximum atomic E-state index is 13.8. The van der Waals surface area contributed by atoms with Crippen LogP contribution in [0.1, 0.15) is 24.2 Å². The van der Waals surface area contributed by atoms with Gasteiger partial charge in [0.05, 0.1) is 0 Å². The second-order valence-corrected chi connectivity index (χ2v) is 13.0. The first-order valence-electron chi connectivity index (χ1n) is 12.4. The molecule has 42 heavy (non-hydrogen) atoms. The monoisotopic (exact) mass is 671 g/mol. The van der Waals surface area contributed by atoms with Gasteiger partial charge < -0.3 is 19.5 Å². The number of fused-ring (bicyclic) bond motifs is 1. The molecule has 1 saturated heterocycles. The van der Waals surface area contributed by atoms with Gasteiger partial charge in [-0.3, -0.25) is 19.8 Å². The van der Waals surface area contributed by atoms with Crippen molar-refractivity contribution in [1.82, 2.24) is 15.5 Å². The summed E-state index contributed by atoms with van der Waals surface area (Å²) in [6, 6.07) is 17.5. The molecular weight excluding hydrogens is 649 g/mol. The van der Waals surface area contributed by atoms with E-state index in [4.69, 9.17) is 61.2 Å². The number of nitrogens with zero attached hydrogens (tertiary/aromatic N) is 1. The van der Waals surface area contributed by atoms with Crippen molar-refractivity contribution in [2.75, 3.05) is 19.0 Å². The van der Waals surface area contributed by atoms with Gasteiger partial charge in [-0.15, -0.1) is 11.8 Å². The highest BCUT2D eigenvalue weighted by Crippen LogP contribution is 2.41. The molecule has 0 radical (unpaired) electrons. The summed E-state index contributed by atoms with van der Waals surface area (Å²) in [5, 5.41) is 4.23. The highest BCUT2D eigenvalue weighted by molar-refractivity contribution is 8.00. The minimum Gasteiger partial charge on any atom is -0.461 e. The number of carbonyl (C=O) groups excluding carboxylic acids is 4. The van der Waals surface area contributed by atoms with Gasteiger partial charge in [-0.05, 0) is 23.3 Å². The Morgan fingerprint density at radius 1 is 1.05 bits per heavy atom. The molecule has 222 valence electrons. The van der Waals surface area contributed by atoms with Gasteiger partial charge in [0, 0.05) is 18.2 Å². The Bertz CT molecular complexity index is 1350. The van der Waals surface area contributed by atoms with Crippen molar-refractivity contribution in [3.63, 3.8) is 0 Å². The van der Waals surface area contributed by atoms with E-state index in [0.29, 0.717) is 5.57 Å². The van der Waals surface area contributed by atoms with E-state index < -0.39 is 51.9 Å². The Hall–Kier alpha value is -3.03. The van der Waals surface area contributed by atoms with Crippen LogP contribution >= 0.6 is 58.8 Å². The van der Waals surface area contributed by atoms with E-state index in [9.17, 15) is 19.2 Å². The fourth-order valence-electron chi connectivity index (χ4n) is 4.17. The number of thiocarbonyl (C=S) groups is 1. The topological polar surface area (TPSA) is 123 Å². The molecule has 2 aromatic rings. The van der Waals surface area contributed by atoms with Crippen LogP contribution in [0.25, 0.3) is 0 Å². The summed E-state index contributed by atoms with van der Waals surface area (Å²) in [5.74, 6) is -1.55. The average molecular weight is 673 g/mol. The SMILES string of the molecule is CC(=O)OCC1=C(C(=O)OC(c2ccccc2)c2ccccc2)N2C(=O)[C@@H](NC(=S)NC(=O)OCC(Cl)(Cl)Cl)[C@H]2SC1. The number of nitrogens with one attached hydrogen (secondary N) is 2. The molecule has 2 aliphatic rings. The lowest BCUT2D eigenvalue weighted by Gasteiger charge is -2.50. The highest BCUT2D eigenvalue weighted by atomic mass is 35.6. The maximum absolute atomic E-state index is 13.8. The van der Waals surface area contributed by atoms with Gasteiger partial charge in [0.1, 0.15) is 30.3 Å². The molecule has 2 atom stereocenters. The Morgan fingerprint density at radius 2 is 1.64 bits per heavy atom. The molecule has 0 bridgehead atoms. The Balaban J connectivity index is 1.53. The zero-order valence-electron chi connectivity index (χ0n) is 21.9.